The zero-order chi connectivity index (χ0) is 8.85. The van der Waals surface area contributed by atoms with E-state index in [2.05, 4.69) is 0 Å². The van der Waals surface area contributed by atoms with E-state index in [0.717, 1.165) is 0 Å². The smallest absolute Gasteiger partial charge is 0.241 e. The van der Waals surface area contributed by atoms with Gasteiger partial charge in [-0.3, -0.25) is 0 Å². The molecule has 0 bridgehead atoms. The predicted octanol–water partition coefficient (Wildman–Crippen LogP) is 2.04. The molecule has 0 aliphatic heterocycles. The lowest BCUT2D eigenvalue weighted by Gasteiger charge is -2.17. The molecule has 0 spiro atoms. The van der Waals surface area contributed by atoms with E-state index in [-0.39, 0.29) is 6.42 Å². The highest BCUT2D eigenvalue weighted by Crippen LogP contribution is 2.08. The van der Waals surface area contributed by atoms with Gasteiger partial charge in [0.1, 0.15) is 0 Å². The first-order chi connectivity index (χ1) is 5.06. The van der Waals surface area contributed by atoms with E-state index in [1.807, 2.05) is 0 Å². The van der Waals surface area contributed by atoms with Crippen LogP contribution in [0.1, 0.15) is 20.3 Å². The molecule has 0 saturated heterocycles. The lowest BCUT2D eigenvalue weighted by atomic mass is 10.3. The molecule has 68 valence electrons. The van der Waals surface area contributed by atoms with Crippen molar-refractivity contribution in [3.8, 4) is 0 Å². The fraction of sp³-hybridized carbons (Fsp3) is 1.00. The Bertz CT molecular complexity index is 98.4. The topological polar surface area (TPSA) is 18.5 Å². The summed E-state index contributed by atoms with van der Waals surface area (Å²) in [7, 11) is 1.47. The Morgan fingerprint density at radius 1 is 1.27 bits per heavy atom. The molecule has 2 unspecified atom stereocenters. The van der Waals surface area contributed by atoms with Crippen LogP contribution in [0.25, 0.3) is 0 Å². The second-order valence-electron chi connectivity index (χ2n) is 2.38. The Labute approximate surface area is 65.5 Å². The maximum Gasteiger partial charge on any atom is 0.241 e. The first-order valence-electron chi connectivity index (χ1n) is 3.52. The molecule has 0 N–H and O–H groups in total. The first-order valence-corrected chi connectivity index (χ1v) is 3.52. The molecular formula is C7H14F2O2. The SMILES string of the molecule is COC(C)OC(C)CC(F)F. The molecule has 0 aromatic heterocycles. The van der Waals surface area contributed by atoms with Gasteiger partial charge in [-0.05, 0) is 13.8 Å². The van der Waals surface area contributed by atoms with Crippen molar-refractivity contribution >= 4 is 0 Å². The molecule has 11 heavy (non-hydrogen) atoms. The highest BCUT2D eigenvalue weighted by atomic mass is 19.3. The lowest BCUT2D eigenvalue weighted by molar-refractivity contribution is -0.147. The standard InChI is InChI=1S/C7H14F2O2/c1-5(4-7(8)9)11-6(2)10-3/h5-7H,4H2,1-3H3. The highest BCUT2D eigenvalue weighted by molar-refractivity contribution is 4.52. The Morgan fingerprint density at radius 2 is 1.82 bits per heavy atom. The highest BCUT2D eigenvalue weighted by Gasteiger charge is 2.12. The largest absolute Gasteiger partial charge is 0.356 e. The lowest BCUT2D eigenvalue weighted by Crippen LogP contribution is -2.20. The molecular weight excluding hydrogens is 154 g/mol. The average Bonchev–Trinajstić information content (AvgIpc) is 1.85. The predicted molar refractivity (Wildman–Crippen MR) is 37.6 cm³/mol. The third kappa shape index (κ3) is 6.19. The van der Waals surface area contributed by atoms with E-state index >= 15 is 0 Å². The molecule has 4 heteroatoms. The third-order valence-corrected chi connectivity index (χ3v) is 1.27. The van der Waals surface area contributed by atoms with Crippen molar-refractivity contribution in [1.29, 1.82) is 0 Å². The first kappa shape index (κ1) is 10.8. The maximum atomic E-state index is 11.7. The van der Waals surface area contributed by atoms with Gasteiger partial charge >= 0.3 is 0 Å². The van der Waals surface area contributed by atoms with E-state index < -0.39 is 18.8 Å². The van der Waals surface area contributed by atoms with Crippen LogP contribution in [0.2, 0.25) is 0 Å². The fourth-order valence-electron chi connectivity index (χ4n) is 0.689. The van der Waals surface area contributed by atoms with Crippen LogP contribution in [0.15, 0.2) is 0 Å². The van der Waals surface area contributed by atoms with Crippen LogP contribution >= 0.6 is 0 Å². The molecule has 0 heterocycles. The van der Waals surface area contributed by atoms with Crippen molar-refractivity contribution in [3.05, 3.63) is 0 Å². The van der Waals surface area contributed by atoms with Gasteiger partial charge in [0, 0.05) is 13.5 Å². The molecule has 0 rings (SSSR count). The van der Waals surface area contributed by atoms with Gasteiger partial charge in [-0.2, -0.15) is 0 Å². The zero-order valence-electron chi connectivity index (χ0n) is 7.01. The van der Waals surface area contributed by atoms with Gasteiger partial charge in [0.2, 0.25) is 6.43 Å². The summed E-state index contributed by atoms with van der Waals surface area (Å²) in [5.74, 6) is 0. The molecule has 0 aliphatic carbocycles. The summed E-state index contributed by atoms with van der Waals surface area (Å²) < 4.78 is 33.2. The maximum absolute atomic E-state index is 11.7. The van der Waals surface area contributed by atoms with Crippen LogP contribution in [0.3, 0.4) is 0 Å². The summed E-state index contributed by atoms with van der Waals surface area (Å²) in [5, 5.41) is 0. The van der Waals surface area contributed by atoms with Crippen LogP contribution in [-0.2, 0) is 9.47 Å². The van der Waals surface area contributed by atoms with Crippen molar-refractivity contribution in [3.63, 3.8) is 0 Å². The van der Waals surface area contributed by atoms with Crippen molar-refractivity contribution in [1.82, 2.24) is 0 Å². The quantitative estimate of drug-likeness (QED) is 0.585. The van der Waals surface area contributed by atoms with Crippen molar-refractivity contribution < 1.29 is 18.3 Å². The number of ether oxygens (including phenoxy) is 2. The summed E-state index contributed by atoms with van der Waals surface area (Å²) in [6.07, 6.45) is -3.42. The van der Waals surface area contributed by atoms with Crippen LogP contribution < -0.4 is 0 Å². The monoisotopic (exact) mass is 168 g/mol. The van der Waals surface area contributed by atoms with Crippen molar-refractivity contribution in [2.75, 3.05) is 7.11 Å². The molecule has 0 fully saturated rings. The van der Waals surface area contributed by atoms with Crippen LogP contribution in [0.5, 0.6) is 0 Å². The Kier molecular flexibility index (Phi) is 5.32. The minimum atomic E-state index is -2.31. The van der Waals surface area contributed by atoms with E-state index in [9.17, 15) is 8.78 Å². The number of alkyl halides is 2. The summed E-state index contributed by atoms with van der Waals surface area (Å²) in [6, 6.07) is 0. The average molecular weight is 168 g/mol. The van der Waals surface area contributed by atoms with Crippen LogP contribution in [0.4, 0.5) is 8.78 Å². The summed E-state index contributed by atoms with van der Waals surface area (Å²) in [4.78, 5) is 0. The van der Waals surface area contributed by atoms with Gasteiger partial charge in [0.15, 0.2) is 6.29 Å². The molecule has 0 aromatic rings. The molecule has 2 nitrogen and oxygen atoms in total. The Balaban J connectivity index is 3.43. The summed E-state index contributed by atoms with van der Waals surface area (Å²) in [6.45, 7) is 3.27. The van der Waals surface area contributed by atoms with Gasteiger partial charge in [0.25, 0.3) is 0 Å². The number of hydrogen-bond donors (Lipinski definition) is 0. The second-order valence-corrected chi connectivity index (χ2v) is 2.38. The van der Waals surface area contributed by atoms with Gasteiger partial charge < -0.3 is 9.47 Å². The summed E-state index contributed by atoms with van der Waals surface area (Å²) in [5.41, 5.74) is 0. The van der Waals surface area contributed by atoms with Gasteiger partial charge in [-0.15, -0.1) is 0 Å². The molecule has 2 atom stereocenters. The molecule has 0 aliphatic rings. The van der Waals surface area contributed by atoms with E-state index in [0.29, 0.717) is 0 Å². The Morgan fingerprint density at radius 3 is 2.18 bits per heavy atom. The van der Waals surface area contributed by atoms with E-state index in [1.165, 1.54) is 7.11 Å². The Hall–Kier alpha value is -0.220. The van der Waals surface area contributed by atoms with Crippen molar-refractivity contribution in [2.45, 2.75) is 39.1 Å². The van der Waals surface area contributed by atoms with Gasteiger partial charge in [-0.1, -0.05) is 0 Å². The fourth-order valence-corrected chi connectivity index (χ4v) is 0.689. The minimum Gasteiger partial charge on any atom is -0.356 e. The molecule has 0 radical (unpaired) electrons. The van der Waals surface area contributed by atoms with Crippen LogP contribution in [-0.4, -0.2) is 25.9 Å². The molecule has 0 amide bonds. The number of hydrogen-bond acceptors (Lipinski definition) is 2. The molecule has 0 saturated carbocycles. The van der Waals surface area contributed by atoms with E-state index in [1.54, 1.807) is 13.8 Å². The number of rotatable bonds is 5. The van der Waals surface area contributed by atoms with Gasteiger partial charge in [0.05, 0.1) is 6.10 Å². The summed E-state index contributed by atoms with van der Waals surface area (Å²) >= 11 is 0. The third-order valence-electron chi connectivity index (χ3n) is 1.27. The number of methoxy groups -OCH3 is 1. The minimum absolute atomic E-state index is 0.242. The van der Waals surface area contributed by atoms with Crippen LogP contribution in [0, 0.1) is 0 Å². The second kappa shape index (κ2) is 5.43. The number of halogens is 2. The van der Waals surface area contributed by atoms with Gasteiger partial charge in [-0.25, -0.2) is 8.78 Å². The van der Waals surface area contributed by atoms with Crippen molar-refractivity contribution in [2.24, 2.45) is 0 Å². The normalized spacial score (nSPS) is 16.9. The van der Waals surface area contributed by atoms with E-state index in [4.69, 9.17) is 9.47 Å². The zero-order valence-corrected chi connectivity index (χ0v) is 7.01. The molecule has 0 aromatic carbocycles.